The zero-order valence-corrected chi connectivity index (χ0v) is 10.5. The zero-order valence-electron chi connectivity index (χ0n) is 10.5. The minimum atomic E-state index is -0.0361. The molecule has 4 N–H and O–H groups in total. The number of aromatic nitrogens is 1. The summed E-state index contributed by atoms with van der Waals surface area (Å²) in [6.45, 7) is 4.36. The van der Waals surface area contributed by atoms with Gasteiger partial charge in [-0.15, -0.1) is 0 Å². The van der Waals surface area contributed by atoms with E-state index in [9.17, 15) is 4.79 Å². The van der Waals surface area contributed by atoms with Gasteiger partial charge in [0.1, 0.15) is 5.82 Å². The van der Waals surface area contributed by atoms with E-state index in [0.29, 0.717) is 12.4 Å². The van der Waals surface area contributed by atoms with Gasteiger partial charge in [-0.2, -0.15) is 0 Å². The van der Waals surface area contributed by atoms with Crippen molar-refractivity contribution in [3.05, 3.63) is 23.9 Å². The average molecular weight is 249 g/mol. The molecule has 2 rings (SSSR count). The molecule has 1 atom stereocenters. The third kappa shape index (κ3) is 2.77. The Balaban J connectivity index is 2.04. The van der Waals surface area contributed by atoms with Crippen molar-refractivity contribution in [1.82, 2.24) is 15.2 Å². The first-order valence-electron chi connectivity index (χ1n) is 6.18. The first kappa shape index (κ1) is 12.8. The highest BCUT2D eigenvalue weighted by molar-refractivity contribution is 5.82. The molecule has 0 aromatic carbocycles. The fourth-order valence-corrected chi connectivity index (χ4v) is 2.23. The maximum absolute atomic E-state index is 11.7. The zero-order chi connectivity index (χ0) is 13.0. The van der Waals surface area contributed by atoms with E-state index in [1.165, 1.54) is 0 Å². The van der Waals surface area contributed by atoms with Gasteiger partial charge >= 0.3 is 0 Å². The number of carbonyl (C=O) groups is 1. The van der Waals surface area contributed by atoms with E-state index < -0.39 is 0 Å². The van der Waals surface area contributed by atoms with Gasteiger partial charge in [0.05, 0.1) is 6.04 Å². The monoisotopic (exact) mass is 249 g/mol. The maximum atomic E-state index is 11.7. The summed E-state index contributed by atoms with van der Waals surface area (Å²) in [7, 11) is 0. The second kappa shape index (κ2) is 5.79. The lowest BCUT2D eigenvalue weighted by atomic mass is 10.1. The van der Waals surface area contributed by atoms with Gasteiger partial charge in [0.2, 0.25) is 5.91 Å². The molecule has 0 aliphatic carbocycles. The Morgan fingerprint density at radius 1 is 1.61 bits per heavy atom. The molecule has 2 heterocycles. The Morgan fingerprint density at radius 2 is 2.44 bits per heavy atom. The normalized spacial score (nSPS) is 20.6. The Morgan fingerprint density at radius 3 is 3.06 bits per heavy atom. The van der Waals surface area contributed by atoms with Crippen molar-refractivity contribution in [2.24, 2.45) is 5.84 Å². The van der Waals surface area contributed by atoms with Crippen molar-refractivity contribution in [1.29, 1.82) is 0 Å². The quantitative estimate of drug-likeness (QED) is 0.520. The van der Waals surface area contributed by atoms with Crippen molar-refractivity contribution >= 4 is 11.7 Å². The Hall–Kier alpha value is -1.66. The summed E-state index contributed by atoms with van der Waals surface area (Å²) in [5.41, 5.74) is 3.58. The number of anilines is 1. The van der Waals surface area contributed by atoms with Crippen molar-refractivity contribution < 1.29 is 4.79 Å². The second-order valence-electron chi connectivity index (χ2n) is 4.38. The molecule has 6 nitrogen and oxygen atoms in total. The van der Waals surface area contributed by atoms with Crippen LogP contribution in [0, 0.1) is 0 Å². The number of hydrogen-bond acceptors (Lipinski definition) is 5. The second-order valence-corrected chi connectivity index (χ2v) is 4.38. The van der Waals surface area contributed by atoms with Crippen LogP contribution in [0.3, 0.4) is 0 Å². The molecule has 1 aromatic rings. The SMILES string of the molecule is CCC1C(=O)NCCN1Cc1ccc(NN)nc1. The molecule has 0 spiro atoms. The Labute approximate surface area is 107 Å². The van der Waals surface area contributed by atoms with Crippen LogP contribution in [0.5, 0.6) is 0 Å². The molecule has 0 radical (unpaired) electrons. The molecule has 1 fully saturated rings. The van der Waals surface area contributed by atoms with Gasteiger partial charge < -0.3 is 10.7 Å². The molecule has 1 aliphatic heterocycles. The van der Waals surface area contributed by atoms with Crippen LogP contribution < -0.4 is 16.6 Å². The lowest BCUT2D eigenvalue weighted by molar-refractivity contribution is -0.129. The van der Waals surface area contributed by atoms with Gasteiger partial charge in [0, 0.05) is 25.8 Å². The minimum Gasteiger partial charge on any atom is -0.353 e. The van der Waals surface area contributed by atoms with Gasteiger partial charge in [-0.25, -0.2) is 10.8 Å². The van der Waals surface area contributed by atoms with Gasteiger partial charge in [0.25, 0.3) is 0 Å². The number of nitrogens with two attached hydrogens (primary N) is 1. The molecular formula is C12H19N5O. The first-order chi connectivity index (χ1) is 8.74. The largest absolute Gasteiger partial charge is 0.353 e. The molecule has 1 saturated heterocycles. The highest BCUT2D eigenvalue weighted by Crippen LogP contribution is 2.13. The number of nitrogens with one attached hydrogen (secondary N) is 2. The molecule has 0 saturated carbocycles. The Bertz CT molecular complexity index is 405. The van der Waals surface area contributed by atoms with Crippen molar-refractivity contribution in [2.45, 2.75) is 25.9 Å². The maximum Gasteiger partial charge on any atom is 0.237 e. The van der Waals surface area contributed by atoms with Crippen LogP contribution in [0.2, 0.25) is 0 Å². The number of nitrogen functional groups attached to an aromatic ring is 1. The van der Waals surface area contributed by atoms with Crippen LogP contribution in [0.1, 0.15) is 18.9 Å². The van der Waals surface area contributed by atoms with Crippen LogP contribution >= 0.6 is 0 Å². The predicted octanol–water partition coefficient (Wildman–Crippen LogP) is 0.0776. The van der Waals surface area contributed by atoms with Crippen LogP contribution in [0.25, 0.3) is 0 Å². The number of rotatable bonds is 4. The van der Waals surface area contributed by atoms with Crippen LogP contribution in [-0.2, 0) is 11.3 Å². The smallest absolute Gasteiger partial charge is 0.237 e. The van der Waals surface area contributed by atoms with E-state index in [1.54, 1.807) is 6.20 Å². The van der Waals surface area contributed by atoms with E-state index in [1.807, 2.05) is 19.1 Å². The van der Waals surface area contributed by atoms with Gasteiger partial charge in [-0.3, -0.25) is 9.69 Å². The van der Waals surface area contributed by atoms with Gasteiger partial charge in [-0.05, 0) is 18.1 Å². The van der Waals surface area contributed by atoms with Crippen LogP contribution in [0.4, 0.5) is 5.82 Å². The van der Waals surface area contributed by atoms with E-state index in [-0.39, 0.29) is 11.9 Å². The summed E-state index contributed by atoms with van der Waals surface area (Å²) >= 11 is 0. The number of pyridine rings is 1. The summed E-state index contributed by atoms with van der Waals surface area (Å²) in [4.78, 5) is 18.1. The molecular weight excluding hydrogens is 230 g/mol. The first-order valence-corrected chi connectivity index (χ1v) is 6.18. The predicted molar refractivity (Wildman–Crippen MR) is 69.5 cm³/mol. The topological polar surface area (TPSA) is 83.3 Å². The van der Waals surface area contributed by atoms with Gasteiger partial charge in [-0.1, -0.05) is 13.0 Å². The molecule has 1 aliphatic rings. The minimum absolute atomic E-state index is 0.0361. The van der Waals surface area contributed by atoms with Crippen molar-refractivity contribution in [2.75, 3.05) is 18.5 Å². The van der Waals surface area contributed by atoms with Crippen molar-refractivity contribution in [3.8, 4) is 0 Å². The lowest BCUT2D eigenvalue weighted by Gasteiger charge is -2.34. The number of nitrogens with zero attached hydrogens (tertiary/aromatic N) is 2. The van der Waals surface area contributed by atoms with Crippen LogP contribution in [0.15, 0.2) is 18.3 Å². The number of hydrogen-bond donors (Lipinski definition) is 3. The van der Waals surface area contributed by atoms with E-state index in [4.69, 9.17) is 5.84 Å². The summed E-state index contributed by atoms with van der Waals surface area (Å²) in [5.74, 6) is 6.03. The highest BCUT2D eigenvalue weighted by Gasteiger charge is 2.27. The Kier molecular flexibility index (Phi) is 4.11. The summed E-state index contributed by atoms with van der Waals surface area (Å²) in [5, 5.41) is 2.89. The van der Waals surface area contributed by atoms with E-state index in [2.05, 4.69) is 20.6 Å². The molecule has 1 aromatic heterocycles. The number of piperazine rings is 1. The summed E-state index contributed by atoms with van der Waals surface area (Å²) in [6.07, 6.45) is 2.61. The summed E-state index contributed by atoms with van der Waals surface area (Å²) < 4.78 is 0. The average Bonchev–Trinajstić information content (AvgIpc) is 2.40. The molecule has 98 valence electrons. The van der Waals surface area contributed by atoms with E-state index >= 15 is 0 Å². The number of carbonyl (C=O) groups excluding carboxylic acids is 1. The molecule has 1 unspecified atom stereocenters. The fraction of sp³-hybridized carbons (Fsp3) is 0.500. The van der Waals surface area contributed by atoms with Crippen molar-refractivity contribution in [3.63, 3.8) is 0 Å². The molecule has 6 heteroatoms. The third-order valence-corrected chi connectivity index (χ3v) is 3.19. The van der Waals surface area contributed by atoms with E-state index in [0.717, 1.165) is 25.1 Å². The molecule has 0 bridgehead atoms. The number of hydrazine groups is 1. The molecule has 1 amide bonds. The van der Waals surface area contributed by atoms with Gasteiger partial charge in [0.15, 0.2) is 0 Å². The lowest BCUT2D eigenvalue weighted by Crippen LogP contribution is -2.54. The number of amides is 1. The summed E-state index contributed by atoms with van der Waals surface area (Å²) in [6, 6.07) is 3.77. The third-order valence-electron chi connectivity index (χ3n) is 3.19. The molecule has 18 heavy (non-hydrogen) atoms. The standard InChI is InChI=1S/C12H19N5O/c1-2-10-12(18)14-5-6-17(10)8-9-3-4-11(16-13)15-7-9/h3-4,7,10H,2,5-6,8,13H2,1H3,(H,14,18)(H,15,16). The highest BCUT2D eigenvalue weighted by atomic mass is 16.2. The fourth-order valence-electron chi connectivity index (χ4n) is 2.23. The van der Waals surface area contributed by atoms with Crippen LogP contribution in [-0.4, -0.2) is 34.9 Å².